The molecular formula is C12H14F2N2O. The molecule has 0 spiro atoms. The fourth-order valence-electron chi connectivity index (χ4n) is 2.10. The minimum absolute atomic E-state index is 0.0758. The molecule has 92 valence electrons. The minimum atomic E-state index is -1.23. The zero-order valence-electron chi connectivity index (χ0n) is 9.38. The quantitative estimate of drug-likeness (QED) is 0.807. The molecule has 0 atom stereocenters. The number of hydrogen-bond donors (Lipinski definition) is 1. The van der Waals surface area contributed by atoms with E-state index in [0.717, 1.165) is 31.9 Å². The zero-order valence-corrected chi connectivity index (χ0v) is 9.38. The lowest BCUT2D eigenvalue weighted by molar-refractivity contribution is 0.0922. The molecule has 2 rings (SSSR count). The number of halogens is 2. The van der Waals surface area contributed by atoms with Crippen LogP contribution in [0.5, 0.6) is 0 Å². The number of aromatic nitrogens is 1. The number of amides is 1. The van der Waals surface area contributed by atoms with Gasteiger partial charge in [0, 0.05) is 12.2 Å². The van der Waals surface area contributed by atoms with Crippen molar-refractivity contribution in [2.45, 2.75) is 38.1 Å². The van der Waals surface area contributed by atoms with Gasteiger partial charge in [-0.15, -0.1) is 0 Å². The number of carbonyl (C=O) groups is 1. The molecule has 0 aliphatic heterocycles. The van der Waals surface area contributed by atoms with Crippen LogP contribution in [0.4, 0.5) is 8.78 Å². The lowest BCUT2D eigenvalue weighted by Crippen LogP contribution is -2.36. The second kappa shape index (κ2) is 5.21. The molecule has 17 heavy (non-hydrogen) atoms. The van der Waals surface area contributed by atoms with E-state index in [1.54, 1.807) is 0 Å². The highest BCUT2D eigenvalue weighted by Crippen LogP contribution is 2.18. The lowest BCUT2D eigenvalue weighted by Gasteiger charge is -2.22. The molecule has 1 heterocycles. The highest BCUT2D eigenvalue weighted by atomic mass is 19.2. The number of carbonyl (C=O) groups excluding carboxylic acids is 1. The van der Waals surface area contributed by atoms with Gasteiger partial charge in [-0.05, 0) is 18.9 Å². The summed E-state index contributed by atoms with van der Waals surface area (Å²) in [5, 5.41) is 2.73. The second-order valence-corrected chi connectivity index (χ2v) is 4.27. The van der Waals surface area contributed by atoms with Gasteiger partial charge in [-0.2, -0.15) is 4.39 Å². The molecule has 1 aromatic rings. The van der Waals surface area contributed by atoms with Crippen molar-refractivity contribution in [3.8, 4) is 0 Å². The van der Waals surface area contributed by atoms with Crippen molar-refractivity contribution in [3.05, 3.63) is 29.6 Å². The van der Waals surface area contributed by atoms with E-state index in [-0.39, 0.29) is 11.6 Å². The van der Waals surface area contributed by atoms with Crippen molar-refractivity contribution in [2.75, 3.05) is 0 Å². The summed E-state index contributed by atoms with van der Waals surface area (Å²) < 4.78 is 26.2. The number of rotatable bonds is 2. The normalized spacial score (nSPS) is 16.8. The molecule has 0 radical (unpaired) electrons. The van der Waals surface area contributed by atoms with E-state index in [4.69, 9.17) is 0 Å². The van der Waals surface area contributed by atoms with Crippen molar-refractivity contribution in [3.63, 3.8) is 0 Å². The lowest BCUT2D eigenvalue weighted by atomic mass is 9.95. The summed E-state index contributed by atoms with van der Waals surface area (Å²) in [5.41, 5.74) is -0.275. The Morgan fingerprint density at radius 2 is 2.00 bits per heavy atom. The summed E-state index contributed by atoms with van der Waals surface area (Å²) in [7, 11) is 0. The average molecular weight is 240 g/mol. The van der Waals surface area contributed by atoms with Crippen molar-refractivity contribution in [1.82, 2.24) is 10.3 Å². The van der Waals surface area contributed by atoms with Crippen LogP contribution in [-0.2, 0) is 0 Å². The van der Waals surface area contributed by atoms with E-state index >= 15 is 0 Å². The van der Waals surface area contributed by atoms with Crippen LogP contribution in [0.3, 0.4) is 0 Å². The SMILES string of the molecule is O=C(NC1CCCCC1)c1ccnc(F)c1F. The van der Waals surface area contributed by atoms with Crippen LogP contribution in [0.1, 0.15) is 42.5 Å². The third kappa shape index (κ3) is 2.78. The van der Waals surface area contributed by atoms with Gasteiger partial charge < -0.3 is 5.32 Å². The molecular weight excluding hydrogens is 226 g/mol. The summed E-state index contributed by atoms with van der Waals surface area (Å²) in [6.45, 7) is 0. The fourth-order valence-corrected chi connectivity index (χ4v) is 2.10. The van der Waals surface area contributed by atoms with Gasteiger partial charge in [0.15, 0.2) is 5.82 Å². The van der Waals surface area contributed by atoms with Crippen molar-refractivity contribution in [1.29, 1.82) is 0 Å². The summed E-state index contributed by atoms with van der Waals surface area (Å²) >= 11 is 0. The Balaban J connectivity index is 2.06. The molecule has 1 N–H and O–H groups in total. The van der Waals surface area contributed by atoms with Crippen LogP contribution < -0.4 is 5.32 Å². The van der Waals surface area contributed by atoms with Crippen LogP contribution >= 0.6 is 0 Å². The summed E-state index contributed by atoms with van der Waals surface area (Å²) in [4.78, 5) is 14.9. The maximum Gasteiger partial charge on any atom is 0.254 e. The Morgan fingerprint density at radius 1 is 1.29 bits per heavy atom. The van der Waals surface area contributed by atoms with Crippen LogP contribution in [0, 0.1) is 11.8 Å². The monoisotopic (exact) mass is 240 g/mol. The fraction of sp³-hybridized carbons (Fsp3) is 0.500. The third-order valence-electron chi connectivity index (χ3n) is 3.03. The van der Waals surface area contributed by atoms with Gasteiger partial charge in [0.1, 0.15) is 0 Å². The first kappa shape index (κ1) is 12.0. The van der Waals surface area contributed by atoms with Gasteiger partial charge in [-0.3, -0.25) is 4.79 Å². The molecule has 1 aliphatic rings. The van der Waals surface area contributed by atoms with Crippen molar-refractivity contribution >= 4 is 5.91 Å². The van der Waals surface area contributed by atoms with E-state index in [0.29, 0.717) is 0 Å². The number of nitrogens with zero attached hydrogens (tertiary/aromatic N) is 1. The molecule has 3 nitrogen and oxygen atoms in total. The first-order valence-electron chi connectivity index (χ1n) is 5.79. The van der Waals surface area contributed by atoms with Gasteiger partial charge in [-0.1, -0.05) is 19.3 Å². The Bertz CT molecular complexity index is 417. The molecule has 1 aliphatic carbocycles. The first-order valence-corrected chi connectivity index (χ1v) is 5.79. The van der Waals surface area contributed by atoms with Gasteiger partial charge in [0.05, 0.1) is 5.56 Å². The number of hydrogen-bond acceptors (Lipinski definition) is 2. The zero-order chi connectivity index (χ0) is 12.3. The predicted octanol–water partition coefficient (Wildman–Crippen LogP) is 2.42. The van der Waals surface area contributed by atoms with E-state index in [9.17, 15) is 13.6 Å². The molecule has 1 saturated carbocycles. The summed E-state index contributed by atoms with van der Waals surface area (Å²) in [6.07, 6.45) is 6.21. The standard InChI is InChI=1S/C12H14F2N2O/c13-10-9(6-7-15-11(10)14)12(17)16-8-4-2-1-3-5-8/h6-8H,1-5H2,(H,16,17). The number of nitrogens with one attached hydrogen (secondary N) is 1. The Labute approximate surface area is 98.2 Å². The molecule has 1 aromatic heterocycles. The number of pyridine rings is 1. The van der Waals surface area contributed by atoms with Gasteiger partial charge in [-0.25, -0.2) is 9.37 Å². The van der Waals surface area contributed by atoms with E-state index < -0.39 is 17.7 Å². The van der Waals surface area contributed by atoms with Crippen molar-refractivity contribution in [2.24, 2.45) is 0 Å². The second-order valence-electron chi connectivity index (χ2n) is 4.27. The predicted molar refractivity (Wildman–Crippen MR) is 58.5 cm³/mol. The average Bonchev–Trinajstić information content (AvgIpc) is 2.34. The van der Waals surface area contributed by atoms with Crippen LogP contribution in [0.2, 0.25) is 0 Å². The maximum atomic E-state index is 13.3. The highest BCUT2D eigenvalue weighted by Gasteiger charge is 2.20. The Morgan fingerprint density at radius 3 is 2.71 bits per heavy atom. The molecule has 0 bridgehead atoms. The van der Waals surface area contributed by atoms with Gasteiger partial charge in [0.25, 0.3) is 5.91 Å². The van der Waals surface area contributed by atoms with Crippen LogP contribution in [0.25, 0.3) is 0 Å². The van der Waals surface area contributed by atoms with E-state index in [1.807, 2.05) is 0 Å². The van der Waals surface area contributed by atoms with Crippen molar-refractivity contribution < 1.29 is 13.6 Å². The maximum absolute atomic E-state index is 13.3. The molecule has 0 saturated heterocycles. The van der Waals surface area contributed by atoms with Crippen LogP contribution in [0.15, 0.2) is 12.3 Å². The Kier molecular flexibility index (Phi) is 3.66. The summed E-state index contributed by atoms with van der Waals surface area (Å²) in [6, 6.07) is 1.27. The topological polar surface area (TPSA) is 42.0 Å². The third-order valence-corrected chi connectivity index (χ3v) is 3.03. The van der Waals surface area contributed by atoms with Gasteiger partial charge in [0.2, 0.25) is 5.95 Å². The molecule has 0 aromatic carbocycles. The van der Waals surface area contributed by atoms with Crippen LogP contribution in [-0.4, -0.2) is 16.9 Å². The molecule has 1 amide bonds. The molecule has 0 unspecified atom stereocenters. The smallest absolute Gasteiger partial charge is 0.254 e. The Hall–Kier alpha value is -1.52. The van der Waals surface area contributed by atoms with Gasteiger partial charge >= 0.3 is 0 Å². The first-order chi connectivity index (χ1) is 8.18. The van der Waals surface area contributed by atoms with E-state index in [2.05, 4.69) is 10.3 Å². The highest BCUT2D eigenvalue weighted by molar-refractivity contribution is 5.94. The molecule has 5 heteroatoms. The van der Waals surface area contributed by atoms with E-state index in [1.165, 1.54) is 12.5 Å². The minimum Gasteiger partial charge on any atom is -0.349 e. The largest absolute Gasteiger partial charge is 0.349 e. The molecule has 1 fully saturated rings. The summed E-state index contributed by atoms with van der Waals surface area (Å²) in [5.74, 6) is -2.97.